The van der Waals surface area contributed by atoms with Crippen LogP contribution in [0.2, 0.25) is 0 Å². The fourth-order valence-electron chi connectivity index (χ4n) is 3.16. The van der Waals surface area contributed by atoms with Crippen LogP contribution in [0.5, 0.6) is 0 Å². The van der Waals surface area contributed by atoms with E-state index in [2.05, 4.69) is 5.32 Å². The molecular weight excluding hydrogens is 282 g/mol. The third-order valence-corrected chi connectivity index (χ3v) is 4.31. The van der Waals surface area contributed by atoms with Crippen LogP contribution in [0.1, 0.15) is 24.0 Å². The van der Waals surface area contributed by atoms with E-state index in [1.807, 2.05) is 32.0 Å². The summed E-state index contributed by atoms with van der Waals surface area (Å²) in [4.78, 5) is 38.8. The zero-order valence-electron chi connectivity index (χ0n) is 12.8. The van der Waals surface area contributed by atoms with E-state index in [4.69, 9.17) is 0 Å². The number of aryl methyl sites for hydroxylation is 2. The topological polar surface area (TPSA) is 69.7 Å². The highest BCUT2D eigenvalue weighted by molar-refractivity contribution is 6.01. The molecule has 0 bridgehead atoms. The zero-order chi connectivity index (χ0) is 15.9. The molecule has 2 saturated heterocycles. The highest BCUT2D eigenvalue weighted by Crippen LogP contribution is 2.27. The van der Waals surface area contributed by atoms with Gasteiger partial charge in [0.1, 0.15) is 6.54 Å². The molecule has 1 atom stereocenters. The lowest BCUT2D eigenvalue weighted by Gasteiger charge is -2.17. The van der Waals surface area contributed by atoms with Crippen molar-refractivity contribution in [3.63, 3.8) is 0 Å². The molecule has 6 nitrogen and oxygen atoms in total. The van der Waals surface area contributed by atoms with Crippen LogP contribution >= 0.6 is 0 Å². The Kier molecular flexibility index (Phi) is 3.60. The molecule has 2 aliphatic heterocycles. The van der Waals surface area contributed by atoms with Gasteiger partial charge in [-0.05, 0) is 31.4 Å². The van der Waals surface area contributed by atoms with E-state index in [9.17, 15) is 14.4 Å². The number of imide groups is 1. The number of anilines is 1. The quantitative estimate of drug-likeness (QED) is 0.923. The molecule has 3 rings (SSSR count). The molecule has 116 valence electrons. The lowest BCUT2D eigenvalue weighted by Crippen LogP contribution is -2.38. The SMILES string of the molecule is Cc1cccc(C)c1NC(=O)CN1CC2CCC(=O)N2C1=O. The van der Waals surface area contributed by atoms with Crippen LogP contribution in [-0.2, 0) is 9.59 Å². The molecular formula is C16H19N3O3. The number of fused-ring (bicyclic) bond motifs is 1. The number of nitrogens with zero attached hydrogens (tertiary/aromatic N) is 2. The van der Waals surface area contributed by atoms with E-state index in [0.717, 1.165) is 16.8 Å². The molecule has 0 saturated carbocycles. The molecule has 2 heterocycles. The molecule has 1 N–H and O–H groups in total. The van der Waals surface area contributed by atoms with Gasteiger partial charge in [-0.3, -0.25) is 14.5 Å². The summed E-state index contributed by atoms with van der Waals surface area (Å²) in [5.74, 6) is -0.368. The van der Waals surface area contributed by atoms with E-state index in [1.165, 1.54) is 9.80 Å². The van der Waals surface area contributed by atoms with Gasteiger partial charge in [0.25, 0.3) is 0 Å². The second-order valence-electron chi connectivity index (χ2n) is 5.93. The molecule has 1 aromatic rings. The van der Waals surface area contributed by atoms with Crippen molar-refractivity contribution >= 4 is 23.5 Å². The zero-order valence-corrected chi connectivity index (χ0v) is 12.8. The van der Waals surface area contributed by atoms with Gasteiger partial charge in [-0.1, -0.05) is 18.2 Å². The standard InChI is InChI=1S/C16H19N3O3/c1-10-4-3-5-11(2)15(10)17-13(20)9-18-8-12-6-7-14(21)19(12)16(18)22/h3-5,12H,6-9H2,1-2H3,(H,17,20). The van der Waals surface area contributed by atoms with Crippen LogP contribution < -0.4 is 5.32 Å². The normalized spacial score (nSPS) is 20.5. The van der Waals surface area contributed by atoms with Gasteiger partial charge in [0.05, 0.1) is 6.04 Å². The summed E-state index contributed by atoms with van der Waals surface area (Å²) in [5, 5.41) is 2.87. The van der Waals surface area contributed by atoms with Gasteiger partial charge in [-0.25, -0.2) is 4.79 Å². The maximum atomic E-state index is 12.2. The molecule has 2 fully saturated rings. The number of hydrogen-bond donors (Lipinski definition) is 1. The Labute approximate surface area is 129 Å². The van der Waals surface area contributed by atoms with Crippen LogP contribution in [-0.4, -0.2) is 46.8 Å². The van der Waals surface area contributed by atoms with Gasteiger partial charge in [0.2, 0.25) is 11.8 Å². The number of benzene rings is 1. The summed E-state index contributed by atoms with van der Waals surface area (Å²) in [7, 11) is 0. The summed E-state index contributed by atoms with van der Waals surface area (Å²) in [6.45, 7) is 4.29. The maximum Gasteiger partial charge on any atom is 0.327 e. The van der Waals surface area contributed by atoms with Crippen molar-refractivity contribution in [2.24, 2.45) is 0 Å². The highest BCUT2D eigenvalue weighted by atomic mass is 16.2. The first-order valence-electron chi connectivity index (χ1n) is 7.44. The molecule has 0 radical (unpaired) electrons. The Morgan fingerprint density at radius 1 is 1.27 bits per heavy atom. The molecule has 0 aliphatic carbocycles. The number of rotatable bonds is 3. The van der Waals surface area contributed by atoms with Gasteiger partial charge in [-0.2, -0.15) is 0 Å². The molecule has 0 spiro atoms. The van der Waals surface area contributed by atoms with Gasteiger partial charge in [0.15, 0.2) is 0 Å². The van der Waals surface area contributed by atoms with E-state index < -0.39 is 0 Å². The van der Waals surface area contributed by atoms with E-state index in [-0.39, 0.29) is 30.4 Å². The number of para-hydroxylation sites is 1. The van der Waals surface area contributed by atoms with Crippen molar-refractivity contribution in [1.29, 1.82) is 0 Å². The van der Waals surface area contributed by atoms with E-state index in [0.29, 0.717) is 19.4 Å². The molecule has 1 aromatic carbocycles. The second-order valence-corrected chi connectivity index (χ2v) is 5.93. The van der Waals surface area contributed by atoms with Crippen LogP contribution in [0, 0.1) is 13.8 Å². The Balaban J connectivity index is 1.66. The Bertz CT molecular complexity index is 636. The smallest absolute Gasteiger partial charge is 0.324 e. The van der Waals surface area contributed by atoms with Crippen molar-refractivity contribution in [3.05, 3.63) is 29.3 Å². The van der Waals surface area contributed by atoms with Crippen molar-refractivity contribution in [2.75, 3.05) is 18.4 Å². The highest BCUT2D eigenvalue weighted by Gasteiger charge is 2.45. The monoisotopic (exact) mass is 301 g/mol. The maximum absolute atomic E-state index is 12.2. The molecule has 4 amide bonds. The number of urea groups is 1. The first-order chi connectivity index (χ1) is 10.5. The summed E-state index contributed by atoms with van der Waals surface area (Å²) in [6.07, 6.45) is 1.12. The Morgan fingerprint density at radius 2 is 1.95 bits per heavy atom. The fraction of sp³-hybridized carbons (Fsp3) is 0.438. The summed E-state index contributed by atoms with van der Waals surface area (Å²) >= 11 is 0. The first kappa shape index (κ1) is 14.6. The molecule has 2 aliphatic rings. The lowest BCUT2D eigenvalue weighted by atomic mass is 10.1. The number of carbonyl (C=O) groups excluding carboxylic acids is 3. The van der Waals surface area contributed by atoms with Gasteiger partial charge in [0, 0.05) is 18.7 Å². The number of carbonyl (C=O) groups is 3. The molecule has 1 unspecified atom stereocenters. The van der Waals surface area contributed by atoms with E-state index >= 15 is 0 Å². The summed E-state index contributed by atoms with van der Waals surface area (Å²) < 4.78 is 0. The Hall–Kier alpha value is -2.37. The molecule has 6 heteroatoms. The number of hydrogen-bond acceptors (Lipinski definition) is 3. The van der Waals surface area contributed by atoms with Gasteiger partial charge >= 0.3 is 6.03 Å². The Morgan fingerprint density at radius 3 is 2.59 bits per heavy atom. The van der Waals surface area contributed by atoms with Crippen LogP contribution in [0.15, 0.2) is 18.2 Å². The number of amides is 4. The van der Waals surface area contributed by atoms with Crippen molar-refractivity contribution in [3.8, 4) is 0 Å². The fourth-order valence-corrected chi connectivity index (χ4v) is 3.16. The molecule has 22 heavy (non-hydrogen) atoms. The van der Waals surface area contributed by atoms with Crippen molar-refractivity contribution in [1.82, 2.24) is 9.80 Å². The average Bonchev–Trinajstić information content (AvgIpc) is 2.96. The first-order valence-corrected chi connectivity index (χ1v) is 7.44. The summed E-state index contributed by atoms with van der Waals surface area (Å²) in [6, 6.07) is 5.39. The lowest BCUT2D eigenvalue weighted by molar-refractivity contribution is -0.125. The van der Waals surface area contributed by atoms with Crippen LogP contribution in [0.3, 0.4) is 0 Å². The predicted octanol–water partition coefficient (Wildman–Crippen LogP) is 1.67. The van der Waals surface area contributed by atoms with E-state index in [1.54, 1.807) is 0 Å². The average molecular weight is 301 g/mol. The minimum Gasteiger partial charge on any atom is -0.324 e. The van der Waals surface area contributed by atoms with Crippen LogP contribution in [0.25, 0.3) is 0 Å². The van der Waals surface area contributed by atoms with Crippen molar-refractivity contribution < 1.29 is 14.4 Å². The number of nitrogens with one attached hydrogen (secondary N) is 1. The van der Waals surface area contributed by atoms with Crippen LogP contribution in [0.4, 0.5) is 10.5 Å². The third kappa shape index (κ3) is 2.45. The van der Waals surface area contributed by atoms with Gasteiger partial charge in [-0.15, -0.1) is 0 Å². The van der Waals surface area contributed by atoms with Crippen molar-refractivity contribution in [2.45, 2.75) is 32.7 Å². The second kappa shape index (κ2) is 5.44. The summed E-state index contributed by atoms with van der Waals surface area (Å²) in [5.41, 5.74) is 2.75. The predicted molar refractivity (Wildman–Crippen MR) is 81.4 cm³/mol. The largest absolute Gasteiger partial charge is 0.327 e. The van der Waals surface area contributed by atoms with Gasteiger partial charge < -0.3 is 10.2 Å². The third-order valence-electron chi connectivity index (χ3n) is 4.31. The molecule has 0 aromatic heterocycles. The minimum atomic E-state index is -0.343. The minimum absolute atomic E-state index is 0.0209.